The van der Waals surface area contributed by atoms with Crippen LogP contribution >= 0.6 is 11.3 Å². The second-order valence-corrected chi connectivity index (χ2v) is 7.92. The largest absolute Gasteiger partial charge is 0.338 e. The topological polar surface area (TPSA) is 74.8 Å². The molecule has 3 rings (SSSR count). The van der Waals surface area contributed by atoms with E-state index in [-0.39, 0.29) is 11.8 Å². The van der Waals surface area contributed by atoms with Crippen LogP contribution in [0.5, 0.6) is 0 Å². The van der Waals surface area contributed by atoms with Gasteiger partial charge >= 0.3 is 0 Å². The van der Waals surface area contributed by atoms with Crippen molar-refractivity contribution in [1.29, 1.82) is 0 Å². The summed E-state index contributed by atoms with van der Waals surface area (Å²) < 4.78 is 6.02. The van der Waals surface area contributed by atoms with Gasteiger partial charge in [-0.25, -0.2) is 4.98 Å². The van der Waals surface area contributed by atoms with Gasteiger partial charge in [0.05, 0.1) is 17.7 Å². The van der Waals surface area contributed by atoms with Gasteiger partial charge in [0.1, 0.15) is 11.6 Å². The molecular weight excluding hydrogens is 328 g/mol. The van der Waals surface area contributed by atoms with Crippen molar-refractivity contribution in [1.82, 2.24) is 20.1 Å². The van der Waals surface area contributed by atoms with Crippen LogP contribution in [0, 0.1) is 0 Å². The van der Waals surface area contributed by atoms with E-state index in [1.807, 2.05) is 24.4 Å². The minimum absolute atomic E-state index is 0.00692. The number of hydrogen-bond donors (Lipinski definition) is 1. The summed E-state index contributed by atoms with van der Waals surface area (Å²) in [5.74, 6) is -0.131. The molecule has 2 atom stereocenters. The van der Waals surface area contributed by atoms with Crippen LogP contribution in [0.25, 0.3) is 0 Å². The lowest BCUT2D eigenvalue weighted by molar-refractivity contribution is -0.156. The Balaban J connectivity index is 1.79. The fraction of sp³-hybridized carbons (Fsp3) is 0.688. The summed E-state index contributed by atoms with van der Waals surface area (Å²) in [4.78, 5) is 33.2. The third-order valence-electron chi connectivity index (χ3n) is 4.59. The number of hydrogen-bond acceptors (Lipinski definition) is 6. The number of nitrogens with one attached hydrogen (secondary N) is 1. The van der Waals surface area contributed by atoms with Gasteiger partial charge in [-0.15, -0.1) is 11.3 Å². The molecule has 1 N–H and O–H groups in total. The zero-order valence-electron chi connectivity index (χ0n) is 14.5. The zero-order valence-corrected chi connectivity index (χ0v) is 15.4. The highest BCUT2D eigenvalue weighted by atomic mass is 32.1. The number of carbonyl (C=O) groups excluding carboxylic acids is 2. The van der Waals surface area contributed by atoms with Gasteiger partial charge in [-0.2, -0.15) is 0 Å². The van der Waals surface area contributed by atoms with Gasteiger partial charge < -0.3 is 15.0 Å². The number of carbonyl (C=O) groups is 2. The molecule has 2 unspecified atom stereocenters. The molecule has 0 aliphatic carbocycles. The predicted molar refractivity (Wildman–Crippen MR) is 90.4 cm³/mol. The molecule has 0 saturated carbocycles. The molecule has 1 aromatic heterocycles. The molecular formula is C16H24N4O3S. The van der Waals surface area contributed by atoms with Crippen LogP contribution < -0.4 is 5.32 Å². The van der Waals surface area contributed by atoms with Gasteiger partial charge in [0.2, 0.25) is 5.91 Å². The first kappa shape index (κ1) is 17.3. The van der Waals surface area contributed by atoms with E-state index in [0.29, 0.717) is 13.1 Å². The lowest BCUT2D eigenvalue weighted by Gasteiger charge is -2.41. The van der Waals surface area contributed by atoms with E-state index >= 15 is 0 Å². The number of ether oxygens (including phenoxy) is 1. The number of aromatic nitrogens is 1. The lowest BCUT2D eigenvalue weighted by Crippen LogP contribution is -2.58. The average molecular weight is 352 g/mol. The minimum atomic E-state index is -0.859. The minimum Gasteiger partial charge on any atom is -0.338 e. The molecule has 8 heteroatoms. The highest BCUT2D eigenvalue weighted by Gasteiger charge is 2.52. The number of thiazole rings is 1. The highest BCUT2D eigenvalue weighted by Crippen LogP contribution is 2.34. The van der Waals surface area contributed by atoms with Crippen molar-refractivity contribution in [2.75, 3.05) is 27.2 Å². The molecule has 2 saturated heterocycles. The van der Waals surface area contributed by atoms with E-state index < -0.39 is 17.4 Å². The summed E-state index contributed by atoms with van der Waals surface area (Å²) >= 11 is 1.48. The quantitative estimate of drug-likeness (QED) is 0.878. The molecule has 0 radical (unpaired) electrons. The summed E-state index contributed by atoms with van der Waals surface area (Å²) in [5.41, 5.74) is 0.862. The second-order valence-electron chi connectivity index (χ2n) is 7.20. The Kier molecular flexibility index (Phi) is 4.39. The summed E-state index contributed by atoms with van der Waals surface area (Å²) in [5, 5.41) is 4.87. The van der Waals surface area contributed by atoms with Crippen LogP contribution in [-0.2, 0) is 14.3 Å². The van der Waals surface area contributed by atoms with E-state index in [4.69, 9.17) is 4.74 Å². The zero-order chi connectivity index (χ0) is 17.5. The van der Waals surface area contributed by atoms with Gasteiger partial charge in [0.15, 0.2) is 5.72 Å². The monoisotopic (exact) mass is 352 g/mol. The third kappa shape index (κ3) is 3.05. The maximum atomic E-state index is 13.1. The highest BCUT2D eigenvalue weighted by molar-refractivity contribution is 7.07. The number of amides is 2. The van der Waals surface area contributed by atoms with Crippen molar-refractivity contribution in [3.05, 3.63) is 16.6 Å². The van der Waals surface area contributed by atoms with Gasteiger partial charge in [0.25, 0.3) is 5.91 Å². The second kappa shape index (κ2) is 6.09. The number of likely N-dealkylation sites (tertiary alicyclic amines) is 1. The van der Waals surface area contributed by atoms with Gasteiger partial charge in [-0.3, -0.25) is 14.5 Å². The van der Waals surface area contributed by atoms with E-state index in [0.717, 1.165) is 18.5 Å². The van der Waals surface area contributed by atoms with Crippen molar-refractivity contribution in [2.24, 2.45) is 0 Å². The van der Waals surface area contributed by atoms with E-state index in [9.17, 15) is 9.59 Å². The van der Waals surface area contributed by atoms with Crippen molar-refractivity contribution in [3.63, 3.8) is 0 Å². The predicted octanol–water partition coefficient (Wildman–Crippen LogP) is 0.990. The molecule has 2 aliphatic rings. The number of rotatable bonds is 3. The third-order valence-corrected chi connectivity index (χ3v) is 5.19. The molecule has 2 fully saturated rings. The molecule has 0 bridgehead atoms. The molecule has 1 aromatic rings. The number of nitrogens with zero attached hydrogens (tertiary/aromatic N) is 3. The molecule has 132 valence electrons. The smallest absolute Gasteiger partial charge is 0.254 e. The Morgan fingerprint density at radius 1 is 1.50 bits per heavy atom. The van der Waals surface area contributed by atoms with Gasteiger partial charge in [0, 0.05) is 11.9 Å². The van der Waals surface area contributed by atoms with Crippen molar-refractivity contribution < 1.29 is 14.3 Å². The molecule has 1 spiro atoms. The Labute approximate surface area is 146 Å². The standard InChI is InChI=1S/C16H24N4O3S/c1-15(2)14(22)18-16(23-15)6-5-7-20(9-16)13(21)12(19(3)4)11-8-24-10-17-11/h8,10,12H,5-7,9H2,1-4H3,(H,18,22). The van der Waals surface area contributed by atoms with Crippen molar-refractivity contribution in [2.45, 2.75) is 44.1 Å². The number of likely N-dealkylation sites (N-methyl/N-ethyl adjacent to an activating group) is 1. The van der Waals surface area contributed by atoms with Gasteiger partial charge in [-0.1, -0.05) is 0 Å². The van der Waals surface area contributed by atoms with E-state index in [1.54, 1.807) is 24.3 Å². The van der Waals surface area contributed by atoms with Crippen LogP contribution in [0.15, 0.2) is 10.9 Å². The lowest BCUT2D eigenvalue weighted by atomic mass is 10.0. The first-order valence-corrected chi connectivity index (χ1v) is 9.04. The molecule has 0 aromatic carbocycles. The van der Waals surface area contributed by atoms with Crippen molar-refractivity contribution in [3.8, 4) is 0 Å². The average Bonchev–Trinajstić information content (AvgIpc) is 3.06. The molecule has 7 nitrogen and oxygen atoms in total. The molecule has 3 heterocycles. The summed E-state index contributed by atoms with van der Waals surface area (Å²) in [6.07, 6.45) is 1.51. The molecule has 2 amide bonds. The summed E-state index contributed by atoms with van der Waals surface area (Å²) in [7, 11) is 3.75. The Morgan fingerprint density at radius 2 is 2.25 bits per heavy atom. The first-order chi connectivity index (χ1) is 11.2. The SMILES string of the molecule is CN(C)C(C(=O)N1CCCC2(C1)NC(=O)C(C)(C)O2)c1cscn1. The summed E-state index contributed by atoms with van der Waals surface area (Å²) in [6.45, 7) is 4.55. The maximum Gasteiger partial charge on any atom is 0.254 e. The van der Waals surface area contributed by atoms with E-state index in [1.165, 1.54) is 11.3 Å². The summed E-state index contributed by atoms with van der Waals surface area (Å²) in [6, 6.07) is -0.420. The van der Waals surface area contributed by atoms with E-state index in [2.05, 4.69) is 10.3 Å². The molecule has 24 heavy (non-hydrogen) atoms. The molecule has 2 aliphatic heterocycles. The van der Waals surface area contributed by atoms with Crippen molar-refractivity contribution >= 4 is 23.2 Å². The van der Waals surface area contributed by atoms with Crippen LogP contribution in [0.1, 0.15) is 38.4 Å². The Hall–Kier alpha value is -1.51. The Morgan fingerprint density at radius 3 is 2.79 bits per heavy atom. The van der Waals surface area contributed by atoms with Crippen LogP contribution in [0.3, 0.4) is 0 Å². The van der Waals surface area contributed by atoms with Gasteiger partial charge in [-0.05, 0) is 40.8 Å². The maximum absolute atomic E-state index is 13.1. The van der Waals surface area contributed by atoms with Crippen LogP contribution in [0.2, 0.25) is 0 Å². The Bertz CT molecular complexity index is 631. The first-order valence-electron chi connectivity index (χ1n) is 8.10. The van der Waals surface area contributed by atoms with Crippen LogP contribution in [-0.4, -0.2) is 65.1 Å². The fourth-order valence-electron chi connectivity index (χ4n) is 3.45. The number of piperidine rings is 1. The normalized spacial score (nSPS) is 27.5. The van der Waals surface area contributed by atoms with Crippen LogP contribution in [0.4, 0.5) is 0 Å². The fourth-order valence-corrected chi connectivity index (χ4v) is 4.03.